The van der Waals surface area contributed by atoms with Gasteiger partial charge in [0.05, 0.1) is 12.6 Å². The van der Waals surface area contributed by atoms with Crippen LogP contribution in [0.25, 0.3) is 11.1 Å². The van der Waals surface area contributed by atoms with Crippen molar-refractivity contribution < 1.29 is 37.8 Å². The summed E-state index contributed by atoms with van der Waals surface area (Å²) in [6.07, 6.45) is 0.281. The predicted octanol–water partition coefficient (Wildman–Crippen LogP) is 8.76. The Balaban J connectivity index is 1.73. The Bertz CT molecular complexity index is 1980. The van der Waals surface area contributed by atoms with Crippen molar-refractivity contribution in [3.8, 4) is 11.1 Å². The number of halogens is 2. The minimum atomic E-state index is -1.40. The first-order chi connectivity index (χ1) is 26.3. The third-order valence-electron chi connectivity index (χ3n) is 9.10. The number of hydrogen-bond donors (Lipinski definition) is 4. The Hall–Kier alpha value is -5.50. The Morgan fingerprint density at radius 1 is 0.946 bits per heavy atom. The number of amides is 4. The highest BCUT2D eigenvalue weighted by Crippen LogP contribution is 2.42. The van der Waals surface area contributed by atoms with Crippen molar-refractivity contribution in [3.05, 3.63) is 114 Å². The smallest absolute Gasteiger partial charge is 0.407 e. The number of nitrogens with zero attached hydrogens (tertiary/aromatic N) is 2. The van der Waals surface area contributed by atoms with Gasteiger partial charge < -0.3 is 35.3 Å². The van der Waals surface area contributed by atoms with E-state index in [0.717, 1.165) is 29.8 Å². The summed E-state index contributed by atoms with van der Waals surface area (Å²) in [7, 11) is -1.40. The number of ether oxygens (including phenoxy) is 1. The molecule has 300 valence electrons. The summed E-state index contributed by atoms with van der Waals surface area (Å²) in [5.74, 6) is -2.08. The van der Waals surface area contributed by atoms with Gasteiger partial charge in [0.2, 0.25) is 5.91 Å². The maximum atomic E-state index is 15.2. The van der Waals surface area contributed by atoms with E-state index in [1.807, 2.05) is 55.7 Å². The van der Waals surface area contributed by atoms with Gasteiger partial charge in [-0.3, -0.25) is 9.59 Å². The zero-order valence-electron chi connectivity index (χ0n) is 33.1. The summed E-state index contributed by atoms with van der Waals surface area (Å²) in [6, 6.07) is 20.3. The van der Waals surface area contributed by atoms with Crippen molar-refractivity contribution in [2.45, 2.75) is 78.4 Å². The zero-order valence-corrected chi connectivity index (χ0v) is 34.1. The highest BCUT2D eigenvalue weighted by Gasteiger charge is 2.37. The van der Waals surface area contributed by atoms with Crippen molar-refractivity contribution in [1.29, 1.82) is 0 Å². The normalized spacial score (nSPS) is 12.7. The van der Waals surface area contributed by atoms with Crippen LogP contribution in [0.5, 0.6) is 0 Å². The molecular weight excluding hydrogens is 737 g/mol. The molecule has 14 heteroatoms. The molecule has 0 aliphatic heterocycles. The minimum absolute atomic E-state index is 0.0888. The molecule has 0 aliphatic carbocycles. The molecular formula is C42H53F2N5O6Si. The monoisotopic (exact) mass is 789 g/mol. The van der Waals surface area contributed by atoms with Crippen LogP contribution in [0.2, 0.25) is 25.7 Å². The number of carbonyl (C=O) groups is 4. The largest absolute Gasteiger partial charge is 0.465 e. The number of carbonyl (C=O) groups excluding carboxylic acids is 3. The van der Waals surface area contributed by atoms with E-state index in [1.165, 1.54) is 6.92 Å². The number of hydrogen-bond acceptors (Lipinski definition) is 5. The van der Waals surface area contributed by atoms with Gasteiger partial charge in [0, 0.05) is 62.0 Å². The van der Waals surface area contributed by atoms with Crippen molar-refractivity contribution in [2.75, 3.05) is 25.0 Å². The second-order valence-corrected chi connectivity index (χ2v) is 21.7. The molecule has 0 saturated heterocycles. The van der Waals surface area contributed by atoms with E-state index in [2.05, 4.69) is 35.6 Å². The Morgan fingerprint density at radius 2 is 1.62 bits per heavy atom. The van der Waals surface area contributed by atoms with Gasteiger partial charge in [0.1, 0.15) is 17.7 Å². The lowest BCUT2D eigenvalue weighted by atomic mass is 9.82. The van der Waals surface area contributed by atoms with Gasteiger partial charge in [0.25, 0.3) is 5.91 Å². The fourth-order valence-electron chi connectivity index (χ4n) is 6.26. The standard InChI is InChI=1S/C42H53F2N5O6Si/c1-28(46-40(52)53)38(50)47-33-17-14-30(15-18-33)39(51)49(21-11-20-45-41(54)55-22-23-56(5,6)7)37(42(2,3)4)36-24-31(34-25-32(43)16-19-35(34)44)27-48(36)26-29-12-9-8-10-13-29/h8-10,12-19,24-25,27-28,37,46H,11,20-23,26H2,1-7H3,(H,45,54)(H,47,50)(H,52,53)/t28-,37-/m0/s1. The topological polar surface area (TPSA) is 142 Å². The van der Waals surface area contributed by atoms with Crippen molar-refractivity contribution in [1.82, 2.24) is 20.1 Å². The highest BCUT2D eigenvalue weighted by molar-refractivity contribution is 6.76. The molecule has 2 atom stereocenters. The summed E-state index contributed by atoms with van der Waals surface area (Å²) >= 11 is 0. The van der Waals surface area contributed by atoms with Crippen LogP contribution in [-0.4, -0.2) is 72.4 Å². The van der Waals surface area contributed by atoms with Gasteiger partial charge in [0.15, 0.2) is 0 Å². The number of alkyl carbamates (subject to hydrolysis) is 1. The van der Waals surface area contributed by atoms with E-state index in [0.29, 0.717) is 42.1 Å². The van der Waals surface area contributed by atoms with Gasteiger partial charge >= 0.3 is 12.2 Å². The molecule has 0 spiro atoms. The fraction of sp³-hybridized carbons (Fsp3) is 0.381. The average Bonchev–Trinajstić information content (AvgIpc) is 3.51. The van der Waals surface area contributed by atoms with Gasteiger partial charge in [-0.2, -0.15) is 0 Å². The van der Waals surface area contributed by atoms with Gasteiger partial charge in [-0.15, -0.1) is 0 Å². The van der Waals surface area contributed by atoms with Crippen LogP contribution in [-0.2, 0) is 16.1 Å². The van der Waals surface area contributed by atoms with Crippen LogP contribution in [0.3, 0.4) is 0 Å². The van der Waals surface area contributed by atoms with Crippen molar-refractivity contribution >= 4 is 37.8 Å². The zero-order chi connectivity index (χ0) is 41.2. The number of rotatable bonds is 16. The van der Waals surface area contributed by atoms with Crippen LogP contribution in [0.1, 0.15) is 61.8 Å². The molecule has 3 aromatic carbocycles. The molecule has 4 aromatic rings. The lowest BCUT2D eigenvalue weighted by molar-refractivity contribution is -0.117. The molecule has 0 saturated carbocycles. The van der Waals surface area contributed by atoms with Gasteiger partial charge in [-0.05, 0) is 78.9 Å². The SMILES string of the molecule is C[C@H](NC(=O)O)C(=O)Nc1ccc(C(=O)N(CCCNC(=O)OCC[Si](C)(C)C)[C@@H](c2cc(-c3cc(F)ccc3F)cn2Cc2ccccc2)C(C)(C)C)cc1. The molecule has 0 unspecified atom stereocenters. The second kappa shape index (κ2) is 18.9. The van der Waals surface area contributed by atoms with E-state index in [1.54, 1.807) is 41.4 Å². The molecule has 0 aliphatic rings. The molecule has 4 N–H and O–H groups in total. The van der Waals surface area contributed by atoms with Crippen LogP contribution < -0.4 is 16.0 Å². The second-order valence-electron chi connectivity index (χ2n) is 16.1. The molecule has 1 aromatic heterocycles. The van der Waals surface area contributed by atoms with Gasteiger partial charge in [-0.1, -0.05) is 70.7 Å². The van der Waals surface area contributed by atoms with E-state index in [9.17, 15) is 23.6 Å². The van der Waals surface area contributed by atoms with E-state index < -0.39 is 55.3 Å². The summed E-state index contributed by atoms with van der Waals surface area (Å²) in [5.41, 5.74) is 2.25. The van der Waals surface area contributed by atoms with Crippen LogP contribution >= 0.6 is 0 Å². The fourth-order valence-corrected chi connectivity index (χ4v) is 6.98. The Labute approximate surface area is 328 Å². The third-order valence-corrected chi connectivity index (χ3v) is 10.8. The highest BCUT2D eigenvalue weighted by atomic mass is 28.3. The summed E-state index contributed by atoms with van der Waals surface area (Å²) in [5, 5.41) is 16.5. The molecule has 11 nitrogen and oxygen atoms in total. The molecule has 0 radical (unpaired) electrons. The first-order valence-electron chi connectivity index (χ1n) is 18.6. The summed E-state index contributed by atoms with van der Waals surface area (Å²) in [4.78, 5) is 52.5. The number of aromatic nitrogens is 1. The van der Waals surface area contributed by atoms with Crippen LogP contribution in [0.4, 0.5) is 24.1 Å². The summed E-state index contributed by atoms with van der Waals surface area (Å²) < 4.78 is 37.1. The van der Waals surface area contributed by atoms with Crippen molar-refractivity contribution in [2.24, 2.45) is 5.41 Å². The van der Waals surface area contributed by atoms with Crippen molar-refractivity contribution in [3.63, 3.8) is 0 Å². The predicted molar refractivity (Wildman–Crippen MR) is 216 cm³/mol. The minimum Gasteiger partial charge on any atom is -0.465 e. The van der Waals surface area contributed by atoms with E-state index in [4.69, 9.17) is 9.84 Å². The molecule has 56 heavy (non-hydrogen) atoms. The molecule has 4 rings (SSSR count). The maximum absolute atomic E-state index is 15.2. The lowest BCUT2D eigenvalue weighted by Gasteiger charge is -2.41. The Morgan fingerprint density at radius 3 is 2.25 bits per heavy atom. The Kier molecular flexibility index (Phi) is 14.6. The lowest BCUT2D eigenvalue weighted by Crippen LogP contribution is -2.43. The number of carboxylic acid groups (broad SMARTS) is 1. The molecule has 4 amide bonds. The van der Waals surface area contributed by atoms with E-state index >= 15 is 4.39 Å². The number of anilines is 1. The van der Waals surface area contributed by atoms with Crippen LogP contribution in [0.15, 0.2) is 85.1 Å². The summed E-state index contributed by atoms with van der Waals surface area (Å²) in [6.45, 7) is 15.1. The quantitative estimate of drug-likeness (QED) is 0.0661. The third kappa shape index (κ3) is 12.5. The molecule has 1 heterocycles. The first-order valence-corrected chi connectivity index (χ1v) is 22.3. The maximum Gasteiger partial charge on any atom is 0.407 e. The number of nitrogens with one attached hydrogen (secondary N) is 3. The van der Waals surface area contributed by atoms with E-state index in [-0.39, 0.29) is 24.6 Å². The molecule has 0 bridgehead atoms. The molecule has 0 fully saturated rings. The van der Waals surface area contributed by atoms with Gasteiger partial charge in [-0.25, -0.2) is 18.4 Å². The number of benzene rings is 3. The van der Waals surface area contributed by atoms with Crippen LogP contribution in [0, 0.1) is 17.0 Å². The average molecular weight is 790 g/mol. The first kappa shape index (κ1) is 43.2.